The van der Waals surface area contributed by atoms with Crippen LogP contribution in [0.3, 0.4) is 0 Å². The van der Waals surface area contributed by atoms with E-state index < -0.39 is 0 Å². The Morgan fingerprint density at radius 1 is 0.882 bits per heavy atom. The third-order valence-electron chi connectivity index (χ3n) is 2.84. The van der Waals surface area contributed by atoms with E-state index in [9.17, 15) is 0 Å². The average molecular weight is 242 g/mol. The van der Waals surface area contributed by atoms with Crippen LogP contribution in [0, 0.1) is 6.92 Å². The van der Waals surface area contributed by atoms with Gasteiger partial charge in [-0.1, -0.05) is 49.9 Å². The molecule has 0 unspecified atom stereocenters. The number of hydrogen-bond acceptors (Lipinski definition) is 1. The van der Waals surface area contributed by atoms with Crippen molar-refractivity contribution in [1.82, 2.24) is 0 Å². The Labute approximate surface area is 108 Å². The molecular weight excluding hydrogens is 224 g/mol. The van der Waals surface area contributed by atoms with E-state index in [0.29, 0.717) is 5.92 Å². The molecule has 17 heavy (non-hydrogen) atoms. The van der Waals surface area contributed by atoms with Crippen molar-refractivity contribution in [1.29, 1.82) is 0 Å². The van der Waals surface area contributed by atoms with Crippen molar-refractivity contribution in [3.63, 3.8) is 0 Å². The predicted molar refractivity (Wildman–Crippen MR) is 75.8 cm³/mol. The second kappa shape index (κ2) is 5.42. The minimum atomic E-state index is 0.603. The van der Waals surface area contributed by atoms with Gasteiger partial charge in [-0.3, -0.25) is 0 Å². The third-order valence-corrected chi connectivity index (χ3v) is 3.84. The SMILES string of the molecule is Cc1cc(Sc2ccccc2)ccc1C(C)C. The molecule has 0 fully saturated rings. The number of hydrogen-bond donors (Lipinski definition) is 0. The number of rotatable bonds is 3. The zero-order chi connectivity index (χ0) is 12.3. The van der Waals surface area contributed by atoms with Crippen LogP contribution in [0.25, 0.3) is 0 Å². The van der Waals surface area contributed by atoms with Gasteiger partial charge in [-0.2, -0.15) is 0 Å². The average Bonchev–Trinajstić information content (AvgIpc) is 2.30. The quantitative estimate of drug-likeness (QED) is 0.706. The molecule has 0 aliphatic rings. The van der Waals surface area contributed by atoms with Crippen LogP contribution in [0.4, 0.5) is 0 Å². The zero-order valence-corrected chi connectivity index (χ0v) is 11.4. The van der Waals surface area contributed by atoms with E-state index in [1.54, 1.807) is 0 Å². The van der Waals surface area contributed by atoms with Crippen molar-refractivity contribution >= 4 is 11.8 Å². The van der Waals surface area contributed by atoms with Crippen LogP contribution >= 0.6 is 11.8 Å². The lowest BCUT2D eigenvalue weighted by atomic mass is 9.98. The Morgan fingerprint density at radius 2 is 1.59 bits per heavy atom. The van der Waals surface area contributed by atoms with Gasteiger partial charge in [-0.25, -0.2) is 0 Å². The molecule has 0 saturated heterocycles. The first-order valence-electron chi connectivity index (χ1n) is 6.00. The van der Waals surface area contributed by atoms with Gasteiger partial charge in [0.15, 0.2) is 0 Å². The van der Waals surface area contributed by atoms with E-state index in [-0.39, 0.29) is 0 Å². The van der Waals surface area contributed by atoms with Gasteiger partial charge >= 0.3 is 0 Å². The Balaban J connectivity index is 2.21. The van der Waals surface area contributed by atoms with Crippen LogP contribution in [0.1, 0.15) is 30.9 Å². The topological polar surface area (TPSA) is 0 Å². The molecule has 0 heterocycles. The first-order valence-corrected chi connectivity index (χ1v) is 6.82. The Morgan fingerprint density at radius 3 is 2.18 bits per heavy atom. The van der Waals surface area contributed by atoms with Crippen LogP contribution in [-0.4, -0.2) is 0 Å². The van der Waals surface area contributed by atoms with Gasteiger partial charge in [-0.05, 0) is 48.2 Å². The monoisotopic (exact) mass is 242 g/mol. The molecule has 0 aliphatic carbocycles. The smallest absolute Gasteiger partial charge is 0.0125 e. The summed E-state index contributed by atoms with van der Waals surface area (Å²) in [4.78, 5) is 2.61. The largest absolute Gasteiger partial charge is 0.0901 e. The van der Waals surface area contributed by atoms with Crippen molar-refractivity contribution < 1.29 is 0 Å². The van der Waals surface area contributed by atoms with Crippen molar-refractivity contribution in [2.75, 3.05) is 0 Å². The van der Waals surface area contributed by atoms with E-state index >= 15 is 0 Å². The maximum atomic E-state index is 2.28. The fourth-order valence-electron chi connectivity index (χ4n) is 1.98. The van der Waals surface area contributed by atoms with Gasteiger partial charge in [0.1, 0.15) is 0 Å². The molecule has 0 nitrogen and oxygen atoms in total. The molecule has 88 valence electrons. The van der Waals surface area contributed by atoms with E-state index in [0.717, 1.165) is 0 Å². The lowest BCUT2D eigenvalue weighted by molar-refractivity contribution is 0.854. The van der Waals surface area contributed by atoms with E-state index in [1.807, 2.05) is 11.8 Å². The van der Waals surface area contributed by atoms with Gasteiger partial charge in [0.25, 0.3) is 0 Å². The molecular formula is C16H18S. The fraction of sp³-hybridized carbons (Fsp3) is 0.250. The maximum absolute atomic E-state index is 2.28. The lowest BCUT2D eigenvalue weighted by Crippen LogP contribution is -1.91. The number of aryl methyl sites for hydroxylation is 1. The van der Waals surface area contributed by atoms with E-state index in [1.165, 1.54) is 20.9 Å². The summed E-state index contributed by atoms with van der Waals surface area (Å²) in [5.74, 6) is 0.603. The lowest BCUT2D eigenvalue weighted by Gasteiger charge is -2.11. The molecule has 0 radical (unpaired) electrons. The normalized spacial score (nSPS) is 10.8. The van der Waals surface area contributed by atoms with Crippen LogP contribution in [0.15, 0.2) is 58.3 Å². The molecule has 0 N–H and O–H groups in total. The molecule has 2 aromatic carbocycles. The highest BCUT2D eigenvalue weighted by Gasteiger charge is 2.04. The summed E-state index contributed by atoms with van der Waals surface area (Å²) in [5.41, 5.74) is 2.84. The van der Waals surface area contributed by atoms with Crippen LogP contribution < -0.4 is 0 Å². The minimum absolute atomic E-state index is 0.603. The summed E-state index contributed by atoms with van der Waals surface area (Å²) in [6, 6.07) is 17.3. The second-order valence-corrected chi connectivity index (χ2v) is 5.74. The standard InChI is InChI=1S/C16H18S/c1-12(2)16-10-9-15(11-13(16)3)17-14-7-5-4-6-8-14/h4-12H,1-3H3. The highest BCUT2D eigenvalue weighted by molar-refractivity contribution is 7.99. The Hall–Kier alpha value is -1.21. The zero-order valence-electron chi connectivity index (χ0n) is 10.6. The Kier molecular flexibility index (Phi) is 3.90. The summed E-state index contributed by atoms with van der Waals surface area (Å²) in [6.07, 6.45) is 0. The molecule has 0 atom stereocenters. The second-order valence-electron chi connectivity index (χ2n) is 4.59. The molecule has 0 amide bonds. The molecule has 0 saturated carbocycles. The summed E-state index contributed by atoms with van der Waals surface area (Å²) in [6.45, 7) is 6.68. The summed E-state index contributed by atoms with van der Waals surface area (Å²) in [7, 11) is 0. The number of benzene rings is 2. The van der Waals surface area contributed by atoms with Crippen molar-refractivity contribution in [3.05, 3.63) is 59.7 Å². The summed E-state index contributed by atoms with van der Waals surface area (Å²) < 4.78 is 0. The molecule has 2 aromatic rings. The van der Waals surface area contributed by atoms with Gasteiger partial charge < -0.3 is 0 Å². The maximum Gasteiger partial charge on any atom is 0.0125 e. The van der Waals surface area contributed by atoms with Crippen LogP contribution in [0.5, 0.6) is 0 Å². The van der Waals surface area contributed by atoms with Gasteiger partial charge in [-0.15, -0.1) is 0 Å². The molecule has 0 aromatic heterocycles. The van der Waals surface area contributed by atoms with Crippen molar-refractivity contribution in [2.45, 2.75) is 36.5 Å². The Bertz CT molecular complexity index is 486. The summed E-state index contributed by atoms with van der Waals surface area (Å²) in [5, 5.41) is 0. The van der Waals surface area contributed by atoms with E-state index in [2.05, 4.69) is 69.3 Å². The van der Waals surface area contributed by atoms with Crippen molar-refractivity contribution in [2.24, 2.45) is 0 Å². The molecule has 2 rings (SSSR count). The predicted octanol–water partition coefficient (Wildman–Crippen LogP) is 5.27. The van der Waals surface area contributed by atoms with Gasteiger partial charge in [0, 0.05) is 9.79 Å². The van der Waals surface area contributed by atoms with Crippen molar-refractivity contribution in [3.8, 4) is 0 Å². The fourth-order valence-corrected chi connectivity index (χ4v) is 2.92. The van der Waals surface area contributed by atoms with E-state index in [4.69, 9.17) is 0 Å². The highest BCUT2D eigenvalue weighted by atomic mass is 32.2. The first-order chi connectivity index (χ1) is 8.16. The highest BCUT2D eigenvalue weighted by Crippen LogP contribution is 2.30. The third kappa shape index (κ3) is 3.13. The van der Waals surface area contributed by atoms with Gasteiger partial charge in [0.05, 0.1) is 0 Å². The minimum Gasteiger partial charge on any atom is -0.0901 e. The summed E-state index contributed by atoms with van der Waals surface area (Å²) >= 11 is 1.82. The van der Waals surface area contributed by atoms with Gasteiger partial charge in [0.2, 0.25) is 0 Å². The van der Waals surface area contributed by atoms with Crippen LogP contribution in [-0.2, 0) is 0 Å². The molecule has 0 aliphatic heterocycles. The molecule has 0 bridgehead atoms. The molecule has 0 spiro atoms. The van der Waals surface area contributed by atoms with Crippen LogP contribution in [0.2, 0.25) is 0 Å². The first kappa shape index (κ1) is 12.3. The molecule has 1 heteroatoms.